The molecular formula is C11H14N4S. The minimum absolute atomic E-state index is 0.874. The summed E-state index contributed by atoms with van der Waals surface area (Å²) in [7, 11) is 1.86. The van der Waals surface area contributed by atoms with Gasteiger partial charge in [0.25, 0.3) is 0 Å². The van der Waals surface area contributed by atoms with E-state index in [0.717, 1.165) is 29.5 Å². The quantitative estimate of drug-likeness (QED) is 0.833. The Morgan fingerprint density at radius 3 is 3.00 bits per heavy atom. The summed E-state index contributed by atoms with van der Waals surface area (Å²) in [6.45, 7) is 0.890. The molecule has 2 aromatic heterocycles. The minimum Gasteiger partial charge on any atom is -0.384 e. The topological polar surface area (TPSA) is 49.8 Å². The van der Waals surface area contributed by atoms with E-state index in [2.05, 4.69) is 20.6 Å². The number of pyridine rings is 1. The van der Waals surface area contributed by atoms with E-state index in [9.17, 15) is 0 Å². The molecule has 2 N–H and O–H groups in total. The van der Waals surface area contributed by atoms with Gasteiger partial charge < -0.3 is 10.6 Å². The summed E-state index contributed by atoms with van der Waals surface area (Å²) in [6.07, 6.45) is 4.58. The number of nitrogens with zero attached hydrogens (tertiary/aromatic N) is 2. The Labute approximate surface area is 98.8 Å². The van der Waals surface area contributed by atoms with Crippen LogP contribution in [-0.4, -0.2) is 23.6 Å². The smallest absolute Gasteiger partial charge is 0.127 e. The molecule has 0 spiro atoms. The van der Waals surface area contributed by atoms with Gasteiger partial charge >= 0.3 is 0 Å². The van der Waals surface area contributed by atoms with Crippen molar-refractivity contribution in [3.8, 4) is 0 Å². The summed E-state index contributed by atoms with van der Waals surface area (Å²) in [5.74, 6) is 0.874. The molecule has 84 valence electrons. The average molecular weight is 234 g/mol. The average Bonchev–Trinajstić information content (AvgIpc) is 2.82. The first-order chi connectivity index (χ1) is 7.88. The molecule has 0 atom stereocenters. The Bertz CT molecular complexity index is 427. The van der Waals surface area contributed by atoms with Crippen LogP contribution in [0.4, 0.5) is 11.5 Å². The SMILES string of the molecule is CNc1cc(NCCc2nccs2)ccn1. The number of rotatable bonds is 5. The highest BCUT2D eigenvalue weighted by Gasteiger charge is 1.97. The second-order valence-corrected chi connectivity index (χ2v) is 4.26. The molecule has 0 unspecified atom stereocenters. The normalized spacial score (nSPS) is 10.1. The lowest BCUT2D eigenvalue weighted by Gasteiger charge is -2.06. The summed E-state index contributed by atoms with van der Waals surface area (Å²) in [4.78, 5) is 8.39. The molecule has 0 aliphatic heterocycles. The molecule has 4 nitrogen and oxygen atoms in total. The Hall–Kier alpha value is -1.62. The lowest BCUT2D eigenvalue weighted by atomic mass is 10.3. The number of nitrogens with one attached hydrogen (secondary N) is 2. The Morgan fingerprint density at radius 1 is 1.31 bits per heavy atom. The molecule has 0 amide bonds. The number of anilines is 2. The molecule has 2 rings (SSSR count). The molecule has 0 saturated carbocycles. The Morgan fingerprint density at radius 2 is 2.25 bits per heavy atom. The van der Waals surface area contributed by atoms with Gasteiger partial charge in [0.2, 0.25) is 0 Å². The lowest BCUT2D eigenvalue weighted by molar-refractivity contribution is 0.997. The summed E-state index contributed by atoms with van der Waals surface area (Å²) in [5, 5.41) is 9.52. The van der Waals surface area contributed by atoms with Crippen LogP contribution < -0.4 is 10.6 Å². The van der Waals surface area contributed by atoms with Crippen molar-refractivity contribution in [2.75, 3.05) is 24.2 Å². The van der Waals surface area contributed by atoms with Gasteiger partial charge in [0, 0.05) is 49.5 Å². The van der Waals surface area contributed by atoms with E-state index in [1.54, 1.807) is 17.5 Å². The molecule has 0 radical (unpaired) electrons. The van der Waals surface area contributed by atoms with Crippen LogP contribution in [0.15, 0.2) is 29.9 Å². The van der Waals surface area contributed by atoms with E-state index in [0.29, 0.717) is 0 Å². The Balaban J connectivity index is 1.85. The van der Waals surface area contributed by atoms with E-state index in [1.807, 2.05) is 30.8 Å². The third-order valence-corrected chi connectivity index (χ3v) is 3.01. The van der Waals surface area contributed by atoms with E-state index in [4.69, 9.17) is 0 Å². The van der Waals surface area contributed by atoms with Crippen molar-refractivity contribution >= 4 is 22.8 Å². The summed E-state index contributed by atoms with van der Waals surface area (Å²) in [6, 6.07) is 3.95. The van der Waals surface area contributed by atoms with Crippen LogP contribution in [0, 0.1) is 0 Å². The maximum absolute atomic E-state index is 4.23. The van der Waals surface area contributed by atoms with Gasteiger partial charge in [-0.05, 0) is 6.07 Å². The van der Waals surface area contributed by atoms with Crippen LogP contribution in [0.3, 0.4) is 0 Å². The molecule has 5 heteroatoms. The van der Waals surface area contributed by atoms with E-state index < -0.39 is 0 Å². The van der Waals surface area contributed by atoms with E-state index in [1.165, 1.54) is 0 Å². The van der Waals surface area contributed by atoms with Crippen molar-refractivity contribution < 1.29 is 0 Å². The molecule has 2 heterocycles. The van der Waals surface area contributed by atoms with Crippen LogP contribution in [0.25, 0.3) is 0 Å². The maximum Gasteiger partial charge on any atom is 0.127 e. The summed E-state index contributed by atoms with van der Waals surface area (Å²) < 4.78 is 0. The van der Waals surface area contributed by atoms with Crippen LogP contribution in [-0.2, 0) is 6.42 Å². The second kappa shape index (κ2) is 5.46. The molecule has 0 aliphatic carbocycles. The van der Waals surface area contributed by atoms with Gasteiger partial charge in [0.1, 0.15) is 5.82 Å². The fourth-order valence-corrected chi connectivity index (χ4v) is 1.99. The fourth-order valence-electron chi connectivity index (χ4n) is 1.37. The molecule has 0 saturated heterocycles. The zero-order valence-corrected chi connectivity index (χ0v) is 9.92. The van der Waals surface area contributed by atoms with Crippen LogP contribution >= 0.6 is 11.3 Å². The third-order valence-electron chi connectivity index (χ3n) is 2.17. The molecular weight excluding hydrogens is 220 g/mol. The second-order valence-electron chi connectivity index (χ2n) is 3.28. The molecule has 16 heavy (non-hydrogen) atoms. The highest BCUT2D eigenvalue weighted by atomic mass is 32.1. The van der Waals surface area contributed by atoms with E-state index in [-0.39, 0.29) is 0 Å². The first kappa shape index (κ1) is 10.9. The largest absolute Gasteiger partial charge is 0.384 e. The third kappa shape index (κ3) is 2.93. The molecule has 0 bridgehead atoms. The fraction of sp³-hybridized carbons (Fsp3) is 0.273. The first-order valence-corrected chi connectivity index (χ1v) is 6.02. The van der Waals surface area contributed by atoms with Crippen molar-refractivity contribution in [3.05, 3.63) is 34.9 Å². The number of aromatic nitrogens is 2. The lowest BCUT2D eigenvalue weighted by Crippen LogP contribution is -2.05. The van der Waals surface area contributed by atoms with Crippen molar-refractivity contribution in [1.82, 2.24) is 9.97 Å². The molecule has 0 aliphatic rings. The van der Waals surface area contributed by atoms with Gasteiger partial charge in [0.15, 0.2) is 0 Å². The zero-order valence-electron chi connectivity index (χ0n) is 9.10. The molecule has 2 aromatic rings. The zero-order chi connectivity index (χ0) is 11.2. The monoisotopic (exact) mass is 234 g/mol. The van der Waals surface area contributed by atoms with Gasteiger partial charge in [-0.3, -0.25) is 0 Å². The van der Waals surface area contributed by atoms with Crippen molar-refractivity contribution in [1.29, 1.82) is 0 Å². The number of hydrogen-bond acceptors (Lipinski definition) is 5. The molecule has 0 fully saturated rings. The van der Waals surface area contributed by atoms with Crippen LogP contribution in [0.2, 0.25) is 0 Å². The molecule has 0 aromatic carbocycles. The van der Waals surface area contributed by atoms with E-state index >= 15 is 0 Å². The standard InChI is InChI=1S/C11H14N4S/c1-12-10-8-9(2-4-14-10)13-5-3-11-15-6-7-16-11/h2,4,6-8H,3,5H2,1H3,(H2,12,13,14). The van der Waals surface area contributed by atoms with Crippen molar-refractivity contribution in [2.45, 2.75) is 6.42 Å². The highest BCUT2D eigenvalue weighted by molar-refractivity contribution is 7.09. The summed E-state index contributed by atoms with van der Waals surface area (Å²) >= 11 is 1.69. The van der Waals surface area contributed by atoms with Gasteiger partial charge in [-0.25, -0.2) is 9.97 Å². The van der Waals surface area contributed by atoms with Crippen molar-refractivity contribution in [2.24, 2.45) is 0 Å². The first-order valence-electron chi connectivity index (χ1n) is 5.14. The van der Waals surface area contributed by atoms with Gasteiger partial charge in [-0.1, -0.05) is 0 Å². The van der Waals surface area contributed by atoms with Crippen molar-refractivity contribution in [3.63, 3.8) is 0 Å². The predicted octanol–water partition coefficient (Wildman–Crippen LogP) is 2.23. The summed E-state index contributed by atoms with van der Waals surface area (Å²) in [5.41, 5.74) is 1.08. The minimum atomic E-state index is 0.874. The van der Waals surface area contributed by atoms with Gasteiger partial charge in [-0.2, -0.15) is 0 Å². The predicted molar refractivity (Wildman–Crippen MR) is 68.1 cm³/mol. The highest BCUT2D eigenvalue weighted by Crippen LogP contribution is 2.11. The number of thiazole rings is 1. The van der Waals surface area contributed by atoms with Gasteiger partial charge in [-0.15, -0.1) is 11.3 Å². The number of hydrogen-bond donors (Lipinski definition) is 2. The van der Waals surface area contributed by atoms with Crippen LogP contribution in [0.5, 0.6) is 0 Å². The van der Waals surface area contributed by atoms with Gasteiger partial charge in [0.05, 0.1) is 5.01 Å². The Kier molecular flexibility index (Phi) is 3.71. The van der Waals surface area contributed by atoms with Crippen LogP contribution in [0.1, 0.15) is 5.01 Å². The maximum atomic E-state index is 4.23.